The van der Waals surface area contributed by atoms with Gasteiger partial charge in [0.15, 0.2) is 0 Å². The molecule has 1 aromatic carbocycles. The zero-order valence-electron chi connectivity index (χ0n) is 10.6. The molecule has 1 rings (SSSR count). The summed E-state index contributed by atoms with van der Waals surface area (Å²) in [4.78, 5) is 11.5. The molecule has 0 aromatic heterocycles. The van der Waals surface area contributed by atoms with Crippen molar-refractivity contribution in [3.8, 4) is 0 Å². The Kier molecular flexibility index (Phi) is 6.99. The first-order chi connectivity index (χ1) is 9.13. The van der Waals surface area contributed by atoms with Gasteiger partial charge in [-0.1, -0.05) is 24.3 Å². The lowest BCUT2D eigenvalue weighted by Crippen LogP contribution is -2.25. The third-order valence-electron chi connectivity index (χ3n) is 2.53. The predicted octanol–water partition coefficient (Wildman–Crippen LogP) is 1.43. The van der Waals surface area contributed by atoms with Crippen LogP contribution >= 0.6 is 0 Å². The van der Waals surface area contributed by atoms with Crippen LogP contribution in [-0.2, 0) is 22.6 Å². The number of halogens is 2. The minimum atomic E-state index is -2.50. The second-order valence-corrected chi connectivity index (χ2v) is 3.97. The third kappa shape index (κ3) is 6.26. The van der Waals surface area contributed by atoms with E-state index in [2.05, 4.69) is 10.1 Å². The first-order valence-corrected chi connectivity index (χ1v) is 6.03. The summed E-state index contributed by atoms with van der Waals surface area (Å²) in [6, 6.07) is 7.53. The average Bonchev–Trinajstić information content (AvgIpc) is 2.41. The zero-order valence-corrected chi connectivity index (χ0v) is 10.6. The first kappa shape index (κ1) is 15.5. The van der Waals surface area contributed by atoms with Gasteiger partial charge in [0.1, 0.15) is 6.61 Å². The normalized spacial score (nSPS) is 10.7. The smallest absolute Gasteiger partial charge is 0.261 e. The number of nitrogens with two attached hydrogens (primary N) is 1. The second-order valence-electron chi connectivity index (χ2n) is 3.97. The Morgan fingerprint density at radius 2 is 2.00 bits per heavy atom. The van der Waals surface area contributed by atoms with Crippen LogP contribution in [0.5, 0.6) is 0 Å². The van der Waals surface area contributed by atoms with Crippen molar-refractivity contribution >= 4 is 5.91 Å². The molecule has 0 aliphatic heterocycles. The minimum Gasteiger partial charge on any atom is -0.375 e. The van der Waals surface area contributed by atoms with E-state index in [-0.39, 0.29) is 18.9 Å². The highest BCUT2D eigenvalue weighted by Crippen LogP contribution is 2.07. The molecule has 4 nitrogen and oxygen atoms in total. The van der Waals surface area contributed by atoms with Crippen molar-refractivity contribution in [3.05, 3.63) is 35.4 Å². The second kappa shape index (κ2) is 8.55. The van der Waals surface area contributed by atoms with Crippen LogP contribution in [0.4, 0.5) is 8.78 Å². The molecule has 106 valence electrons. The van der Waals surface area contributed by atoms with E-state index < -0.39 is 13.0 Å². The molecule has 3 N–H and O–H groups in total. The molecule has 0 radical (unpaired) electrons. The highest BCUT2D eigenvalue weighted by Gasteiger charge is 2.06. The van der Waals surface area contributed by atoms with Crippen LogP contribution < -0.4 is 11.1 Å². The molecule has 0 saturated heterocycles. The van der Waals surface area contributed by atoms with Gasteiger partial charge in [0.05, 0.1) is 6.61 Å². The van der Waals surface area contributed by atoms with Crippen molar-refractivity contribution in [2.24, 2.45) is 5.73 Å². The van der Waals surface area contributed by atoms with Crippen LogP contribution in [0.15, 0.2) is 24.3 Å². The van der Waals surface area contributed by atoms with Crippen LogP contribution in [0.2, 0.25) is 0 Å². The Morgan fingerprint density at radius 3 is 2.63 bits per heavy atom. The lowest BCUT2D eigenvalue weighted by Gasteiger charge is -2.09. The maximum atomic E-state index is 11.8. The van der Waals surface area contributed by atoms with Crippen molar-refractivity contribution in [1.29, 1.82) is 0 Å². The number of nitrogens with one attached hydrogen (secondary N) is 1. The van der Waals surface area contributed by atoms with E-state index in [9.17, 15) is 13.6 Å². The molecular weight excluding hydrogens is 254 g/mol. The van der Waals surface area contributed by atoms with E-state index in [1.807, 2.05) is 24.3 Å². The Balaban J connectivity index is 2.26. The lowest BCUT2D eigenvalue weighted by molar-refractivity contribution is -0.122. The van der Waals surface area contributed by atoms with Gasteiger partial charge < -0.3 is 15.8 Å². The molecule has 0 saturated carbocycles. The number of carbonyl (C=O) groups excluding carboxylic acids is 1. The van der Waals surface area contributed by atoms with Crippen LogP contribution in [0.3, 0.4) is 0 Å². The fourth-order valence-corrected chi connectivity index (χ4v) is 1.55. The predicted molar refractivity (Wildman–Crippen MR) is 67.6 cm³/mol. The highest BCUT2D eigenvalue weighted by atomic mass is 19.3. The zero-order chi connectivity index (χ0) is 14.1. The number of amides is 1. The van der Waals surface area contributed by atoms with Crippen molar-refractivity contribution in [2.45, 2.75) is 25.9 Å². The van der Waals surface area contributed by atoms with E-state index in [0.29, 0.717) is 13.1 Å². The van der Waals surface area contributed by atoms with E-state index in [4.69, 9.17) is 5.73 Å². The van der Waals surface area contributed by atoms with Crippen molar-refractivity contribution in [1.82, 2.24) is 5.32 Å². The number of hydrogen-bond donors (Lipinski definition) is 2. The quantitative estimate of drug-likeness (QED) is 0.704. The summed E-state index contributed by atoms with van der Waals surface area (Å²) >= 11 is 0. The Bertz CT molecular complexity index is 400. The minimum absolute atomic E-state index is 0.00525. The van der Waals surface area contributed by atoms with Crippen LogP contribution in [0, 0.1) is 0 Å². The van der Waals surface area contributed by atoms with E-state index in [1.165, 1.54) is 0 Å². The van der Waals surface area contributed by atoms with Gasteiger partial charge in [-0.25, -0.2) is 8.78 Å². The van der Waals surface area contributed by atoms with Crippen LogP contribution in [0.25, 0.3) is 0 Å². The SMILES string of the molecule is NCc1ccccc1CNC(=O)CCOCC(F)F. The summed E-state index contributed by atoms with van der Waals surface area (Å²) < 4.78 is 28.2. The van der Waals surface area contributed by atoms with Crippen LogP contribution in [0.1, 0.15) is 17.5 Å². The summed E-state index contributed by atoms with van der Waals surface area (Å²) in [5, 5.41) is 2.70. The maximum absolute atomic E-state index is 11.8. The molecule has 19 heavy (non-hydrogen) atoms. The van der Waals surface area contributed by atoms with Crippen LogP contribution in [-0.4, -0.2) is 25.5 Å². The summed E-state index contributed by atoms with van der Waals surface area (Å²) in [5.41, 5.74) is 7.50. The molecule has 0 unspecified atom stereocenters. The Morgan fingerprint density at radius 1 is 1.32 bits per heavy atom. The molecule has 0 spiro atoms. The topological polar surface area (TPSA) is 64.3 Å². The molecule has 1 aromatic rings. The van der Waals surface area contributed by atoms with Gasteiger partial charge in [-0.3, -0.25) is 4.79 Å². The van der Waals surface area contributed by atoms with Crippen molar-refractivity contribution < 1.29 is 18.3 Å². The number of carbonyl (C=O) groups is 1. The molecule has 0 fully saturated rings. The average molecular weight is 272 g/mol. The molecule has 0 aliphatic rings. The number of rotatable bonds is 8. The Hall–Kier alpha value is -1.53. The van der Waals surface area contributed by atoms with Gasteiger partial charge in [-0.2, -0.15) is 0 Å². The number of benzene rings is 1. The van der Waals surface area contributed by atoms with Gasteiger partial charge in [0.2, 0.25) is 5.91 Å². The van der Waals surface area contributed by atoms with E-state index >= 15 is 0 Å². The maximum Gasteiger partial charge on any atom is 0.261 e. The number of hydrogen-bond acceptors (Lipinski definition) is 3. The molecule has 0 atom stereocenters. The van der Waals surface area contributed by atoms with E-state index in [1.54, 1.807) is 0 Å². The molecule has 0 aliphatic carbocycles. The van der Waals surface area contributed by atoms with E-state index in [0.717, 1.165) is 11.1 Å². The molecule has 1 amide bonds. The van der Waals surface area contributed by atoms with Gasteiger partial charge in [-0.15, -0.1) is 0 Å². The van der Waals surface area contributed by atoms with Gasteiger partial charge in [-0.05, 0) is 11.1 Å². The summed E-state index contributed by atoms with van der Waals surface area (Å²) in [5.74, 6) is -0.235. The monoisotopic (exact) mass is 272 g/mol. The molecule has 6 heteroatoms. The summed E-state index contributed by atoms with van der Waals surface area (Å²) in [6.07, 6.45) is -2.43. The van der Waals surface area contributed by atoms with Gasteiger partial charge in [0.25, 0.3) is 6.43 Å². The molecule has 0 heterocycles. The van der Waals surface area contributed by atoms with Crippen molar-refractivity contribution in [3.63, 3.8) is 0 Å². The van der Waals surface area contributed by atoms with Crippen molar-refractivity contribution in [2.75, 3.05) is 13.2 Å². The number of ether oxygens (including phenoxy) is 1. The highest BCUT2D eigenvalue weighted by molar-refractivity contribution is 5.75. The standard InChI is InChI=1S/C13H18F2N2O2/c14-12(15)9-19-6-5-13(18)17-8-11-4-2-1-3-10(11)7-16/h1-4,12H,5-9,16H2,(H,17,18). The molecular formula is C13H18F2N2O2. The lowest BCUT2D eigenvalue weighted by atomic mass is 10.1. The first-order valence-electron chi connectivity index (χ1n) is 6.03. The largest absolute Gasteiger partial charge is 0.375 e. The summed E-state index contributed by atoms with van der Waals surface area (Å²) in [6.45, 7) is 0.141. The Labute approximate surface area is 110 Å². The fourth-order valence-electron chi connectivity index (χ4n) is 1.55. The van der Waals surface area contributed by atoms with Gasteiger partial charge in [0, 0.05) is 19.5 Å². The molecule has 0 bridgehead atoms. The number of alkyl halides is 2. The fraction of sp³-hybridized carbons (Fsp3) is 0.462. The van der Waals surface area contributed by atoms with Gasteiger partial charge >= 0.3 is 0 Å². The third-order valence-corrected chi connectivity index (χ3v) is 2.53. The summed E-state index contributed by atoms with van der Waals surface area (Å²) in [7, 11) is 0.